The Morgan fingerprint density at radius 2 is 1.19 bits per heavy atom. The van der Waals surface area contributed by atoms with E-state index in [2.05, 4.69) is 40.6 Å². The van der Waals surface area contributed by atoms with Gasteiger partial charge in [-0.15, -0.1) is 22.7 Å². The zero-order chi connectivity index (χ0) is 19.3. The van der Waals surface area contributed by atoms with Gasteiger partial charge in [0.05, 0.1) is 29.1 Å². The topological polar surface area (TPSA) is 112 Å². The molecule has 0 bridgehead atoms. The molecule has 0 atom stereocenters. The van der Waals surface area contributed by atoms with Gasteiger partial charge in [-0.3, -0.25) is 20.2 Å². The summed E-state index contributed by atoms with van der Waals surface area (Å²) in [6.07, 6.45) is 0. The molecule has 0 radical (unpaired) electrons. The average molecular weight is 548 g/mol. The molecule has 0 spiro atoms. The maximum Gasteiger partial charge on any atom is 0.357 e. The van der Waals surface area contributed by atoms with E-state index < -0.39 is 21.2 Å². The van der Waals surface area contributed by atoms with Crippen molar-refractivity contribution in [3.8, 4) is 20.9 Å². The molecule has 27 heavy (non-hydrogen) atoms. The highest BCUT2D eigenvalue weighted by Crippen LogP contribution is 2.52. The zero-order valence-electron chi connectivity index (χ0n) is 12.7. The summed E-state index contributed by atoms with van der Waals surface area (Å²) >= 11 is 9.99. The van der Waals surface area contributed by atoms with Crippen LogP contribution in [0.25, 0.3) is 31.9 Å². The molecule has 1 aromatic carbocycles. The van der Waals surface area contributed by atoms with E-state index in [-0.39, 0.29) is 22.2 Å². The first kappa shape index (κ1) is 18.6. The summed E-state index contributed by atoms with van der Waals surface area (Å²) < 4.78 is 9.95. The van der Waals surface area contributed by atoms with Gasteiger partial charge in [0.25, 0.3) is 0 Å². The van der Waals surface area contributed by atoms with Crippen LogP contribution in [0.15, 0.2) is 31.8 Å². The lowest BCUT2D eigenvalue weighted by Crippen LogP contribution is -2.02. The second-order valence-electron chi connectivity index (χ2n) is 5.13. The molecule has 0 N–H and O–H groups in total. The fraction of sp³-hybridized carbons (Fsp3) is 0. The Morgan fingerprint density at radius 3 is 1.48 bits per heavy atom. The normalized spacial score (nSPS) is 11.2. The van der Waals surface area contributed by atoms with E-state index in [0.29, 0.717) is 9.75 Å². The quantitative estimate of drug-likeness (QED) is 0.213. The number of thiophene rings is 2. The molecule has 0 aliphatic rings. The first-order valence-corrected chi connectivity index (χ1v) is 11.0. The van der Waals surface area contributed by atoms with Gasteiger partial charge in [0, 0.05) is 9.75 Å². The Morgan fingerprint density at radius 1 is 0.778 bits per heavy atom. The Labute approximate surface area is 179 Å². The third-order valence-corrected chi connectivity index (χ3v) is 7.48. The smallest absolute Gasteiger partial charge is 0.258 e. The van der Waals surface area contributed by atoms with E-state index in [1.807, 2.05) is 0 Å². The molecule has 3 aromatic heterocycles. The van der Waals surface area contributed by atoms with Crippen molar-refractivity contribution in [1.82, 2.24) is 8.75 Å². The molecule has 0 aliphatic heterocycles. The van der Waals surface area contributed by atoms with Crippen molar-refractivity contribution >= 4 is 88.7 Å². The van der Waals surface area contributed by atoms with Crippen LogP contribution in [0.4, 0.5) is 11.4 Å². The van der Waals surface area contributed by atoms with Crippen molar-refractivity contribution in [3.05, 3.63) is 52.1 Å². The monoisotopic (exact) mass is 546 g/mol. The van der Waals surface area contributed by atoms with Gasteiger partial charge in [0.1, 0.15) is 22.2 Å². The zero-order valence-corrected chi connectivity index (χ0v) is 18.3. The maximum atomic E-state index is 11.9. The van der Waals surface area contributed by atoms with Crippen LogP contribution in [0.1, 0.15) is 0 Å². The lowest BCUT2D eigenvalue weighted by atomic mass is 10.0. The number of nitro groups is 2. The predicted molar refractivity (Wildman–Crippen MR) is 113 cm³/mol. The maximum absolute atomic E-state index is 11.9. The van der Waals surface area contributed by atoms with Crippen molar-refractivity contribution in [2.24, 2.45) is 0 Å². The van der Waals surface area contributed by atoms with E-state index in [9.17, 15) is 20.2 Å². The number of rotatable bonds is 4. The molecule has 0 fully saturated rings. The van der Waals surface area contributed by atoms with Crippen molar-refractivity contribution in [2.75, 3.05) is 0 Å². The van der Waals surface area contributed by atoms with E-state index in [0.717, 1.165) is 19.3 Å². The summed E-state index contributed by atoms with van der Waals surface area (Å²) in [6, 6.07) is 6.79. The Kier molecular flexibility index (Phi) is 4.80. The third-order valence-electron chi connectivity index (χ3n) is 3.66. The predicted octanol–water partition coefficient (Wildman–Crippen LogP) is 6.49. The van der Waals surface area contributed by atoms with Crippen molar-refractivity contribution in [2.45, 2.75) is 0 Å². The van der Waals surface area contributed by atoms with Crippen LogP contribution in [-0.4, -0.2) is 18.6 Å². The number of halogens is 2. The SMILES string of the molecule is O=[N+]([O-])c1c([N+](=O)[O-])c(-c2ccc(Br)s2)c2nsnc2c1-c1ccc(Br)s1. The first-order chi connectivity index (χ1) is 12.9. The van der Waals surface area contributed by atoms with Crippen LogP contribution in [0.2, 0.25) is 0 Å². The number of fused-ring (bicyclic) bond motifs is 1. The third kappa shape index (κ3) is 3.08. The second-order valence-corrected chi connectivity index (χ2v) is 10.6. The minimum atomic E-state index is -0.716. The Balaban J connectivity index is 2.23. The van der Waals surface area contributed by atoms with Gasteiger partial charge in [-0.25, -0.2) is 0 Å². The molecule has 3 heterocycles. The molecule has 0 aliphatic carbocycles. The number of aromatic nitrogens is 2. The molecule has 8 nitrogen and oxygen atoms in total. The minimum Gasteiger partial charge on any atom is -0.258 e. The van der Waals surface area contributed by atoms with E-state index >= 15 is 0 Å². The van der Waals surface area contributed by atoms with E-state index in [4.69, 9.17) is 0 Å². The van der Waals surface area contributed by atoms with Crippen LogP contribution < -0.4 is 0 Å². The fourth-order valence-corrected chi connectivity index (χ4v) is 6.12. The molecule has 4 aromatic rings. The van der Waals surface area contributed by atoms with Gasteiger partial charge in [-0.2, -0.15) is 8.75 Å². The number of benzene rings is 1. The van der Waals surface area contributed by atoms with Crippen molar-refractivity contribution < 1.29 is 9.85 Å². The first-order valence-electron chi connectivity index (χ1n) is 7.01. The lowest BCUT2D eigenvalue weighted by molar-refractivity contribution is -0.421. The Hall–Kier alpha value is -1.80. The highest BCUT2D eigenvalue weighted by atomic mass is 79.9. The van der Waals surface area contributed by atoms with Crippen molar-refractivity contribution in [3.63, 3.8) is 0 Å². The summed E-state index contributed by atoms with van der Waals surface area (Å²) in [5.41, 5.74) is -0.350. The fourth-order valence-electron chi connectivity index (χ4n) is 2.70. The minimum absolute atomic E-state index is 0.116. The van der Waals surface area contributed by atoms with Gasteiger partial charge < -0.3 is 0 Å². The molecular weight excluding hydrogens is 544 g/mol. The molecule has 0 unspecified atom stereocenters. The molecule has 0 saturated carbocycles. The summed E-state index contributed by atoms with van der Waals surface area (Å²) in [7, 11) is 0. The van der Waals surface area contributed by atoms with Crippen LogP contribution in [0, 0.1) is 20.2 Å². The molecule has 4 rings (SSSR count). The molecular formula is C14H4Br2N4O4S3. The molecule has 0 saturated heterocycles. The summed E-state index contributed by atoms with van der Waals surface area (Å²) in [6.45, 7) is 0. The number of hydrogen-bond donors (Lipinski definition) is 0. The number of nitro benzene ring substituents is 2. The van der Waals surface area contributed by atoms with Gasteiger partial charge in [0.2, 0.25) is 0 Å². The van der Waals surface area contributed by atoms with Crippen molar-refractivity contribution in [1.29, 1.82) is 0 Å². The number of hydrogen-bond acceptors (Lipinski definition) is 9. The largest absolute Gasteiger partial charge is 0.357 e. The lowest BCUT2D eigenvalue weighted by Gasteiger charge is -2.07. The van der Waals surface area contributed by atoms with Crippen LogP contribution in [-0.2, 0) is 0 Å². The average Bonchev–Trinajstić information content (AvgIpc) is 3.33. The summed E-state index contributed by atoms with van der Waals surface area (Å²) in [5, 5.41) is 23.8. The van der Waals surface area contributed by atoms with Gasteiger partial charge in [0.15, 0.2) is 0 Å². The van der Waals surface area contributed by atoms with Gasteiger partial charge in [-0.1, -0.05) is 0 Å². The van der Waals surface area contributed by atoms with E-state index in [1.165, 1.54) is 22.7 Å². The molecule has 13 heteroatoms. The standard InChI is InChI=1S/C14H4Br2N4O4S3/c15-7-3-1-5(25-7)9-11-12(18-27-17-11)10(6-2-4-8(16)26-6)14(20(23)24)13(9)19(21)22/h1-4H. The van der Waals surface area contributed by atoms with Crippen LogP contribution >= 0.6 is 66.3 Å². The Bertz CT molecular complexity index is 1140. The summed E-state index contributed by atoms with van der Waals surface area (Å²) in [4.78, 5) is 23.4. The van der Waals surface area contributed by atoms with Crippen LogP contribution in [0.5, 0.6) is 0 Å². The molecule has 136 valence electrons. The number of nitrogens with zero attached hydrogens (tertiary/aromatic N) is 4. The van der Waals surface area contributed by atoms with Crippen LogP contribution in [0.3, 0.4) is 0 Å². The van der Waals surface area contributed by atoms with Gasteiger partial charge >= 0.3 is 11.4 Å². The van der Waals surface area contributed by atoms with E-state index in [1.54, 1.807) is 24.3 Å². The van der Waals surface area contributed by atoms with Gasteiger partial charge in [-0.05, 0) is 56.1 Å². The highest BCUT2D eigenvalue weighted by molar-refractivity contribution is 9.11. The molecule has 0 amide bonds. The second kappa shape index (κ2) is 6.98. The highest BCUT2D eigenvalue weighted by Gasteiger charge is 2.39. The summed E-state index contributed by atoms with van der Waals surface area (Å²) in [5.74, 6) is 0.